The smallest absolute Gasteiger partial charge is 0.251 e. The summed E-state index contributed by atoms with van der Waals surface area (Å²) in [5, 5.41) is 11.0. The highest BCUT2D eigenvalue weighted by Crippen LogP contribution is 2.22. The van der Waals surface area contributed by atoms with Crippen LogP contribution >= 0.6 is 0 Å². The Balaban J connectivity index is 1.64. The first-order valence-corrected chi connectivity index (χ1v) is 8.40. The van der Waals surface area contributed by atoms with Crippen LogP contribution in [0.15, 0.2) is 47.5 Å². The summed E-state index contributed by atoms with van der Waals surface area (Å²) < 4.78 is 6.94. The Kier molecular flexibility index (Phi) is 5.23. The molecule has 3 rings (SSSR count). The Labute approximate surface area is 146 Å². The van der Waals surface area contributed by atoms with E-state index in [2.05, 4.69) is 34.4 Å². The lowest BCUT2D eigenvalue weighted by Crippen LogP contribution is -2.22. The van der Waals surface area contributed by atoms with Crippen LogP contribution in [0.2, 0.25) is 0 Å². The van der Waals surface area contributed by atoms with Crippen LogP contribution < -0.4 is 5.32 Å². The molecule has 2 aromatic heterocycles. The fraction of sp³-hybridized carbons (Fsp3) is 0.333. The molecule has 1 aromatic carbocycles. The summed E-state index contributed by atoms with van der Waals surface area (Å²) in [5.74, 6) is 0.873. The molecule has 7 heteroatoms. The number of hydrogen-bond acceptors (Lipinski definition) is 5. The zero-order valence-corrected chi connectivity index (χ0v) is 14.3. The van der Waals surface area contributed by atoms with Gasteiger partial charge in [0.2, 0.25) is 0 Å². The quantitative estimate of drug-likeness (QED) is 0.715. The number of benzene rings is 1. The second kappa shape index (κ2) is 7.74. The van der Waals surface area contributed by atoms with E-state index in [0.717, 1.165) is 24.2 Å². The zero-order chi connectivity index (χ0) is 17.6. The number of amides is 1. The molecule has 0 aliphatic carbocycles. The maximum Gasteiger partial charge on any atom is 0.251 e. The SMILES string of the molecule is CCC(CC)c1cc(CNC(=O)c2cccc(-n3cncn3)c2)on1. The standard InChI is InChI=1S/C18H21N5O2/c1-3-13(4-2)17-9-16(25-22-17)10-20-18(24)14-6-5-7-15(8-14)23-12-19-11-21-23/h5-9,11-13H,3-4,10H2,1-2H3,(H,20,24). The van der Waals surface area contributed by atoms with Gasteiger partial charge in [0.05, 0.1) is 17.9 Å². The largest absolute Gasteiger partial charge is 0.359 e. The summed E-state index contributed by atoms with van der Waals surface area (Å²) in [6.45, 7) is 4.57. The van der Waals surface area contributed by atoms with Gasteiger partial charge in [0.25, 0.3) is 5.91 Å². The number of carbonyl (C=O) groups is 1. The number of rotatable bonds is 7. The van der Waals surface area contributed by atoms with E-state index >= 15 is 0 Å². The monoisotopic (exact) mass is 339 g/mol. The molecule has 1 N–H and O–H groups in total. The van der Waals surface area contributed by atoms with Gasteiger partial charge in [0.1, 0.15) is 12.7 Å². The van der Waals surface area contributed by atoms with Crippen LogP contribution in [0.4, 0.5) is 0 Å². The minimum atomic E-state index is -0.178. The van der Waals surface area contributed by atoms with Crippen molar-refractivity contribution in [3.63, 3.8) is 0 Å². The molecule has 0 aliphatic rings. The average Bonchev–Trinajstić information content (AvgIpc) is 3.33. The van der Waals surface area contributed by atoms with E-state index in [1.165, 1.54) is 6.33 Å². The van der Waals surface area contributed by atoms with Crippen LogP contribution in [0.1, 0.15) is 54.4 Å². The van der Waals surface area contributed by atoms with E-state index < -0.39 is 0 Å². The number of hydrogen-bond donors (Lipinski definition) is 1. The molecule has 7 nitrogen and oxygen atoms in total. The van der Waals surface area contributed by atoms with Crippen molar-refractivity contribution < 1.29 is 9.32 Å². The molecule has 0 saturated carbocycles. The molecule has 0 spiro atoms. The van der Waals surface area contributed by atoms with Crippen LogP contribution in [0, 0.1) is 0 Å². The summed E-state index contributed by atoms with van der Waals surface area (Å²) in [6.07, 6.45) is 5.08. The van der Waals surface area contributed by atoms with Gasteiger partial charge in [-0.15, -0.1) is 0 Å². The first-order valence-electron chi connectivity index (χ1n) is 8.40. The van der Waals surface area contributed by atoms with Gasteiger partial charge in [-0.1, -0.05) is 25.1 Å². The van der Waals surface area contributed by atoms with Crippen LogP contribution in [-0.2, 0) is 6.54 Å². The lowest BCUT2D eigenvalue weighted by Gasteiger charge is -2.06. The third kappa shape index (κ3) is 3.93. The topological polar surface area (TPSA) is 85.8 Å². The van der Waals surface area contributed by atoms with Crippen LogP contribution in [0.25, 0.3) is 5.69 Å². The molecule has 0 aliphatic heterocycles. The Morgan fingerprint density at radius 1 is 1.28 bits per heavy atom. The molecule has 1 amide bonds. The van der Waals surface area contributed by atoms with Crippen molar-refractivity contribution in [2.45, 2.75) is 39.2 Å². The number of nitrogens with zero attached hydrogens (tertiary/aromatic N) is 4. The predicted molar refractivity (Wildman–Crippen MR) is 92.4 cm³/mol. The number of aromatic nitrogens is 4. The molecule has 0 fully saturated rings. The summed E-state index contributed by atoms with van der Waals surface area (Å²) in [4.78, 5) is 16.3. The van der Waals surface area contributed by atoms with Gasteiger partial charge in [-0.05, 0) is 31.0 Å². The highest BCUT2D eigenvalue weighted by molar-refractivity contribution is 5.94. The third-order valence-electron chi connectivity index (χ3n) is 4.20. The minimum Gasteiger partial charge on any atom is -0.359 e. The van der Waals surface area contributed by atoms with Gasteiger partial charge < -0.3 is 9.84 Å². The lowest BCUT2D eigenvalue weighted by atomic mass is 9.99. The summed E-state index contributed by atoms with van der Waals surface area (Å²) in [6, 6.07) is 9.12. The van der Waals surface area contributed by atoms with E-state index in [9.17, 15) is 4.79 Å². The average molecular weight is 339 g/mol. The highest BCUT2D eigenvalue weighted by Gasteiger charge is 2.14. The van der Waals surface area contributed by atoms with Crippen LogP contribution in [0.3, 0.4) is 0 Å². The van der Waals surface area contributed by atoms with Crippen molar-refractivity contribution in [3.8, 4) is 5.69 Å². The van der Waals surface area contributed by atoms with Crippen LogP contribution in [0.5, 0.6) is 0 Å². The summed E-state index contributed by atoms with van der Waals surface area (Å²) in [5.41, 5.74) is 2.27. The van der Waals surface area contributed by atoms with Crippen molar-refractivity contribution >= 4 is 5.91 Å². The fourth-order valence-electron chi connectivity index (χ4n) is 2.71. The van der Waals surface area contributed by atoms with Crippen molar-refractivity contribution in [1.29, 1.82) is 0 Å². The Bertz CT molecular complexity index is 822. The lowest BCUT2D eigenvalue weighted by molar-refractivity contribution is 0.0947. The van der Waals surface area contributed by atoms with Gasteiger partial charge >= 0.3 is 0 Å². The van der Waals surface area contributed by atoms with E-state index in [1.54, 1.807) is 23.1 Å². The first-order chi connectivity index (χ1) is 12.2. The molecule has 0 saturated heterocycles. The van der Waals surface area contributed by atoms with E-state index in [-0.39, 0.29) is 5.91 Å². The Morgan fingerprint density at radius 3 is 2.84 bits per heavy atom. The molecular weight excluding hydrogens is 318 g/mol. The molecule has 25 heavy (non-hydrogen) atoms. The third-order valence-corrected chi connectivity index (χ3v) is 4.20. The maximum absolute atomic E-state index is 12.4. The molecule has 0 bridgehead atoms. The normalized spacial score (nSPS) is 11.0. The second-order valence-electron chi connectivity index (χ2n) is 5.80. The van der Waals surface area contributed by atoms with Gasteiger partial charge in [0, 0.05) is 17.5 Å². The number of carbonyl (C=O) groups excluding carboxylic acids is 1. The van der Waals surface area contributed by atoms with E-state index in [4.69, 9.17) is 4.52 Å². The van der Waals surface area contributed by atoms with Crippen molar-refractivity contribution in [2.24, 2.45) is 0 Å². The fourth-order valence-corrected chi connectivity index (χ4v) is 2.71. The van der Waals surface area contributed by atoms with Gasteiger partial charge in [-0.25, -0.2) is 9.67 Å². The van der Waals surface area contributed by atoms with Gasteiger partial charge in [-0.2, -0.15) is 5.10 Å². The molecule has 2 heterocycles. The predicted octanol–water partition coefficient (Wildman–Crippen LogP) is 3.09. The van der Waals surface area contributed by atoms with Crippen molar-refractivity contribution in [1.82, 2.24) is 25.2 Å². The molecule has 3 aromatic rings. The molecule has 0 unspecified atom stereocenters. The van der Waals surface area contributed by atoms with E-state index in [1.807, 2.05) is 18.2 Å². The Hall–Kier alpha value is -2.96. The van der Waals surface area contributed by atoms with Gasteiger partial charge in [-0.3, -0.25) is 4.79 Å². The van der Waals surface area contributed by atoms with Crippen LogP contribution in [-0.4, -0.2) is 25.8 Å². The first kappa shape index (κ1) is 16.9. The molecule has 0 radical (unpaired) electrons. The molecular formula is C18H21N5O2. The Morgan fingerprint density at radius 2 is 2.12 bits per heavy atom. The number of nitrogens with one attached hydrogen (secondary N) is 1. The van der Waals surface area contributed by atoms with Crippen molar-refractivity contribution in [2.75, 3.05) is 0 Å². The van der Waals surface area contributed by atoms with E-state index in [0.29, 0.717) is 23.8 Å². The maximum atomic E-state index is 12.4. The molecule has 0 atom stereocenters. The summed E-state index contributed by atoms with van der Waals surface area (Å²) >= 11 is 0. The summed E-state index contributed by atoms with van der Waals surface area (Å²) in [7, 11) is 0. The molecule has 130 valence electrons. The minimum absolute atomic E-state index is 0.178. The zero-order valence-electron chi connectivity index (χ0n) is 14.3. The highest BCUT2D eigenvalue weighted by atomic mass is 16.5. The second-order valence-corrected chi connectivity index (χ2v) is 5.80. The van der Waals surface area contributed by atoms with Crippen molar-refractivity contribution in [3.05, 3.63) is 60.0 Å². The van der Waals surface area contributed by atoms with Gasteiger partial charge in [0.15, 0.2) is 5.76 Å².